The lowest BCUT2D eigenvalue weighted by Gasteiger charge is -2.30. The van der Waals surface area contributed by atoms with Gasteiger partial charge in [0.15, 0.2) is 18.1 Å². The maximum Gasteiger partial charge on any atom is 0.343 e. The zero-order chi connectivity index (χ0) is 27.1. The van der Waals surface area contributed by atoms with Crippen LogP contribution < -0.4 is 19.7 Å². The number of nitrogens with one attached hydrogen (secondary N) is 1. The standard InChI is InChI=1S/C26H27N3O8S/c1-34-20-9-5-6-17(24(20)37-16-23(31)35-2)14-21-25(32)29(26(33)38-21)15-22(30)27-18-7-3-4-8-19(18)28-10-12-36-13-11-28/h3-9,14H,10-13,15-16H2,1-2H3,(H,27,30)/b21-14+. The highest BCUT2D eigenvalue weighted by Crippen LogP contribution is 2.37. The first-order valence-corrected chi connectivity index (χ1v) is 12.6. The Labute approximate surface area is 223 Å². The van der Waals surface area contributed by atoms with Gasteiger partial charge in [0.1, 0.15) is 6.54 Å². The van der Waals surface area contributed by atoms with Gasteiger partial charge in [0.25, 0.3) is 11.1 Å². The van der Waals surface area contributed by atoms with E-state index in [0.29, 0.717) is 55.1 Å². The molecule has 2 aliphatic rings. The molecule has 0 bridgehead atoms. The maximum atomic E-state index is 13.1. The predicted molar refractivity (Wildman–Crippen MR) is 141 cm³/mol. The Morgan fingerprint density at radius 1 is 1.08 bits per heavy atom. The van der Waals surface area contributed by atoms with E-state index < -0.39 is 29.6 Å². The number of esters is 1. The Morgan fingerprint density at radius 2 is 1.84 bits per heavy atom. The molecule has 0 unspecified atom stereocenters. The molecule has 2 aliphatic heterocycles. The molecule has 0 saturated carbocycles. The average Bonchev–Trinajstić information content (AvgIpc) is 3.19. The second kappa shape index (κ2) is 12.5. The third kappa shape index (κ3) is 6.26. The van der Waals surface area contributed by atoms with Crippen molar-refractivity contribution in [3.05, 3.63) is 52.9 Å². The smallest absolute Gasteiger partial charge is 0.343 e. The van der Waals surface area contributed by atoms with Crippen LogP contribution in [0.4, 0.5) is 16.2 Å². The van der Waals surface area contributed by atoms with Crippen molar-refractivity contribution in [2.45, 2.75) is 0 Å². The van der Waals surface area contributed by atoms with Crippen molar-refractivity contribution < 1.29 is 38.1 Å². The number of anilines is 2. The number of hydrogen-bond donors (Lipinski definition) is 1. The van der Waals surface area contributed by atoms with Crippen LogP contribution >= 0.6 is 11.8 Å². The number of benzene rings is 2. The number of amides is 3. The van der Waals surface area contributed by atoms with Gasteiger partial charge in [-0.1, -0.05) is 24.3 Å². The number of nitrogens with zero attached hydrogens (tertiary/aromatic N) is 2. The molecule has 11 nitrogen and oxygen atoms in total. The van der Waals surface area contributed by atoms with E-state index in [1.54, 1.807) is 30.3 Å². The van der Waals surface area contributed by atoms with Crippen LogP contribution in [0, 0.1) is 0 Å². The van der Waals surface area contributed by atoms with Crippen LogP contribution in [0.15, 0.2) is 47.4 Å². The van der Waals surface area contributed by atoms with Gasteiger partial charge in [0, 0.05) is 18.7 Å². The van der Waals surface area contributed by atoms with Crippen LogP contribution in [0.3, 0.4) is 0 Å². The van der Waals surface area contributed by atoms with E-state index >= 15 is 0 Å². The first-order valence-electron chi connectivity index (χ1n) is 11.7. The minimum absolute atomic E-state index is 0.104. The molecule has 2 saturated heterocycles. The third-order valence-electron chi connectivity index (χ3n) is 5.78. The minimum atomic E-state index is -0.613. The van der Waals surface area contributed by atoms with Crippen molar-refractivity contribution in [2.75, 3.05) is 63.9 Å². The summed E-state index contributed by atoms with van der Waals surface area (Å²) in [6, 6.07) is 12.3. The van der Waals surface area contributed by atoms with E-state index in [2.05, 4.69) is 15.0 Å². The molecule has 2 aromatic carbocycles. The number of morpholine rings is 1. The van der Waals surface area contributed by atoms with E-state index in [-0.39, 0.29) is 17.3 Å². The molecule has 38 heavy (non-hydrogen) atoms. The number of methoxy groups -OCH3 is 2. The number of rotatable bonds is 9. The highest BCUT2D eigenvalue weighted by molar-refractivity contribution is 8.18. The summed E-state index contributed by atoms with van der Waals surface area (Å²) in [6.07, 6.45) is 1.46. The molecule has 0 atom stereocenters. The molecule has 12 heteroatoms. The molecule has 4 rings (SSSR count). The van der Waals surface area contributed by atoms with Gasteiger partial charge in [0.05, 0.1) is 43.7 Å². The number of ether oxygens (including phenoxy) is 4. The van der Waals surface area contributed by atoms with Gasteiger partial charge in [-0.2, -0.15) is 0 Å². The molecule has 2 fully saturated rings. The predicted octanol–water partition coefficient (Wildman–Crippen LogP) is 2.76. The van der Waals surface area contributed by atoms with E-state index in [1.807, 2.05) is 12.1 Å². The second-order valence-corrected chi connectivity index (χ2v) is 9.17. The monoisotopic (exact) mass is 541 g/mol. The summed E-state index contributed by atoms with van der Waals surface area (Å²) < 4.78 is 20.9. The molecule has 0 radical (unpaired) electrons. The Bertz CT molecular complexity index is 1260. The third-order valence-corrected chi connectivity index (χ3v) is 6.69. The molecule has 2 heterocycles. The SMILES string of the molecule is COC(=O)COc1c(/C=C2/SC(=O)N(CC(=O)Nc3ccccc3N3CCOCC3)C2=O)cccc1OC. The lowest BCUT2D eigenvalue weighted by Crippen LogP contribution is -2.38. The van der Waals surface area contributed by atoms with Crippen molar-refractivity contribution in [1.29, 1.82) is 0 Å². The minimum Gasteiger partial charge on any atom is -0.493 e. The van der Waals surface area contributed by atoms with Crippen LogP contribution in [-0.2, 0) is 23.9 Å². The first kappa shape index (κ1) is 27.0. The summed E-state index contributed by atoms with van der Waals surface area (Å²) in [5.74, 6) is -1.16. The molecular weight excluding hydrogens is 514 g/mol. The number of carbonyl (C=O) groups is 4. The van der Waals surface area contributed by atoms with Crippen molar-refractivity contribution in [3.8, 4) is 11.5 Å². The van der Waals surface area contributed by atoms with Gasteiger partial charge in [-0.25, -0.2) is 4.79 Å². The first-order chi connectivity index (χ1) is 18.4. The van der Waals surface area contributed by atoms with Crippen molar-refractivity contribution in [2.24, 2.45) is 0 Å². The maximum absolute atomic E-state index is 13.1. The number of imide groups is 1. The van der Waals surface area contributed by atoms with Crippen molar-refractivity contribution in [1.82, 2.24) is 4.90 Å². The summed E-state index contributed by atoms with van der Waals surface area (Å²) in [5.41, 5.74) is 1.85. The summed E-state index contributed by atoms with van der Waals surface area (Å²) in [6.45, 7) is 1.75. The average molecular weight is 542 g/mol. The summed E-state index contributed by atoms with van der Waals surface area (Å²) in [5, 5.41) is 2.25. The number of carbonyl (C=O) groups excluding carboxylic acids is 4. The Hall–Kier alpha value is -4.03. The lowest BCUT2D eigenvalue weighted by atomic mass is 10.1. The fourth-order valence-electron chi connectivity index (χ4n) is 3.92. The van der Waals surface area contributed by atoms with Gasteiger partial charge < -0.3 is 29.2 Å². The lowest BCUT2D eigenvalue weighted by molar-refractivity contribution is -0.143. The largest absolute Gasteiger partial charge is 0.493 e. The van der Waals surface area contributed by atoms with E-state index in [4.69, 9.17) is 14.2 Å². The second-order valence-electron chi connectivity index (χ2n) is 8.18. The summed E-state index contributed by atoms with van der Waals surface area (Å²) in [4.78, 5) is 53.3. The van der Waals surface area contributed by atoms with Crippen LogP contribution in [0.2, 0.25) is 0 Å². The Balaban J connectivity index is 1.48. The molecule has 200 valence electrons. The van der Waals surface area contributed by atoms with Gasteiger partial charge >= 0.3 is 5.97 Å². The van der Waals surface area contributed by atoms with Crippen LogP contribution in [-0.4, -0.2) is 81.6 Å². The molecular formula is C26H27N3O8S. The van der Waals surface area contributed by atoms with Crippen molar-refractivity contribution >= 4 is 52.2 Å². The van der Waals surface area contributed by atoms with E-state index in [1.165, 1.54) is 20.3 Å². The van der Waals surface area contributed by atoms with Gasteiger partial charge in [0.2, 0.25) is 5.91 Å². The summed E-state index contributed by atoms with van der Waals surface area (Å²) >= 11 is 0.710. The van der Waals surface area contributed by atoms with Crippen LogP contribution in [0.1, 0.15) is 5.56 Å². The molecule has 1 N–H and O–H groups in total. The topological polar surface area (TPSA) is 124 Å². The quantitative estimate of drug-likeness (QED) is 0.374. The normalized spacial score (nSPS) is 16.5. The van der Waals surface area contributed by atoms with E-state index in [9.17, 15) is 19.2 Å². The molecule has 0 spiro atoms. The number of thioether (sulfide) groups is 1. The molecule has 2 aromatic rings. The van der Waals surface area contributed by atoms with Crippen LogP contribution in [0.25, 0.3) is 6.08 Å². The summed E-state index contributed by atoms with van der Waals surface area (Å²) in [7, 11) is 2.68. The fourth-order valence-corrected chi connectivity index (χ4v) is 4.75. The highest BCUT2D eigenvalue weighted by Gasteiger charge is 2.36. The Morgan fingerprint density at radius 3 is 2.58 bits per heavy atom. The van der Waals surface area contributed by atoms with Crippen LogP contribution in [0.5, 0.6) is 11.5 Å². The Kier molecular flexibility index (Phi) is 8.87. The zero-order valence-corrected chi connectivity index (χ0v) is 21.7. The molecule has 0 aromatic heterocycles. The van der Waals surface area contributed by atoms with Crippen molar-refractivity contribution in [3.63, 3.8) is 0 Å². The number of hydrogen-bond acceptors (Lipinski definition) is 10. The molecule has 3 amide bonds. The fraction of sp³-hybridized carbons (Fsp3) is 0.308. The zero-order valence-electron chi connectivity index (χ0n) is 20.9. The van der Waals surface area contributed by atoms with Gasteiger partial charge in [-0.3, -0.25) is 19.3 Å². The van der Waals surface area contributed by atoms with Gasteiger partial charge in [-0.05, 0) is 36.0 Å². The molecule has 0 aliphatic carbocycles. The number of para-hydroxylation sites is 3. The van der Waals surface area contributed by atoms with Gasteiger partial charge in [-0.15, -0.1) is 0 Å². The van der Waals surface area contributed by atoms with E-state index in [0.717, 1.165) is 10.6 Å². The highest BCUT2D eigenvalue weighted by atomic mass is 32.2.